The fraction of sp³-hybridized carbons (Fsp3) is 0.318. The van der Waals surface area contributed by atoms with Crippen LogP contribution in [0.15, 0.2) is 42.5 Å². The number of methoxy groups -OCH3 is 2. The number of pyridine rings is 1. The first-order chi connectivity index (χ1) is 13.6. The number of aryl methyl sites for hydroxylation is 1. The highest BCUT2D eigenvalue weighted by molar-refractivity contribution is 5.87. The number of H-pyrrole nitrogens is 1. The number of nitrogens with zero attached hydrogens (tertiary/aromatic N) is 2. The van der Waals surface area contributed by atoms with Crippen molar-refractivity contribution in [1.82, 2.24) is 0 Å². The third kappa shape index (κ3) is 3.42. The topological polar surface area (TPSA) is 39.1 Å². The molecule has 0 aliphatic carbocycles. The summed E-state index contributed by atoms with van der Waals surface area (Å²) in [6.45, 7) is 5.65. The number of hydrogen-bond donors (Lipinski definition) is 0. The summed E-state index contributed by atoms with van der Waals surface area (Å²) in [5, 5.41) is 1.09. The second kappa shape index (κ2) is 7.54. The van der Waals surface area contributed by atoms with E-state index in [0.717, 1.165) is 60.1 Å². The average Bonchev–Trinajstić information content (AvgIpc) is 2.73. The van der Waals surface area contributed by atoms with Gasteiger partial charge >= 0.3 is 0 Å². The van der Waals surface area contributed by atoms with Crippen molar-refractivity contribution in [2.45, 2.75) is 6.92 Å². The molecule has 1 aliphatic heterocycles. The van der Waals surface area contributed by atoms with Gasteiger partial charge in [-0.25, -0.2) is 9.37 Å². The molecule has 5 nitrogen and oxygen atoms in total. The van der Waals surface area contributed by atoms with Crippen LogP contribution in [0.25, 0.3) is 10.9 Å². The summed E-state index contributed by atoms with van der Waals surface area (Å²) in [7, 11) is 3.33. The summed E-state index contributed by atoms with van der Waals surface area (Å²) in [5.41, 5.74) is 3.20. The molecule has 28 heavy (non-hydrogen) atoms. The smallest absolute Gasteiger partial charge is 0.275 e. The summed E-state index contributed by atoms with van der Waals surface area (Å²) in [5.74, 6) is 2.42. The minimum absolute atomic E-state index is 0.200. The molecule has 0 atom stereocenters. The molecule has 0 radical (unpaired) electrons. The quantitative estimate of drug-likeness (QED) is 0.693. The maximum Gasteiger partial charge on any atom is 0.275 e. The fourth-order valence-corrected chi connectivity index (χ4v) is 3.78. The first-order valence-electron chi connectivity index (χ1n) is 9.43. The lowest BCUT2D eigenvalue weighted by atomic mass is 10.1. The van der Waals surface area contributed by atoms with Gasteiger partial charge in [0.25, 0.3) is 5.82 Å². The maximum absolute atomic E-state index is 13.2. The van der Waals surface area contributed by atoms with Crippen molar-refractivity contribution >= 4 is 22.4 Å². The number of anilines is 2. The Kier molecular flexibility index (Phi) is 4.94. The standard InChI is InChI=1S/C22H24FN3O2/c1-15-12-21(24-22-19(15)13-18(27-2)14-20(22)28-3)26-10-8-25(9-11-26)17-6-4-16(23)5-7-17/h4-7,12-14H,8-11H2,1-3H3/p+1. The first kappa shape index (κ1) is 18.3. The molecular weight excluding hydrogens is 357 g/mol. The molecule has 2 heterocycles. The molecule has 4 rings (SSSR count). The van der Waals surface area contributed by atoms with Gasteiger partial charge < -0.3 is 14.4 Å². The average molecular weight is 382 g/mol. The normalized spacial score (nSPS) is 14.4. The Labute approximate surface area is 164 Å². The molecule has 0 spiro atoms. The summed E-state index contributed by atoms with van der Waals surface area (Å²) in [6, 6.07) is 12.8. The molecule has 1 aromatic heterocycles. The van der Waals surface area contributed by atoms with Crippen LogP contribution in [-0.4, -0.2) is 40.4 Å². The zero-order chi connectivity index (χ0) is 19.7. The minimum atomic E-state index is -0.200. The van der Waals surface area contributed by atoms with Gasteiger partial charge in [-0.3, -0.25) is 4.90 Å². The van der Waals surface area contributed by atoms with Crippen LogP contribution in [0.4, 0.5) is 15.9 Å². The van der Waals surface area contributed by atoms with E-state index in [1.54, 1.807) is 14.2 Å². The summed E-state index contributed by atoms with van der Waals surface area (Å²) in [4.78, 5) is 8.18. The summed E-state index contributed by atoms with van der Waals surface area (Å²) < 4.78 is 24.1. The highest BCUT2D eigenvalue weighted by Gasteiger charge is 2.25. The molecule has 0 saturated carbocycles. The Morgan fingerprint density at radius 1 is 0.893 bits per heavy atom. The number of benzene rings is 2. The van der Waals surface area contributed by atoms with Gasteiger partial charge in [-0.1, -0.05) is 0 Å². The number of fused-ring (bicyclic) bond motifs is 1. The van der Waals surface area contributed by atoms with Crippen LogP contribution in [-0.2, 0) is 0 Å². The van der Waals surface area contributed by atoms with Crippen molar-refractivity contribution in [2.75, 3.05) is 50.2 Å². The van der Waals surface area contributed by atoms with E-state index in [4.69, 9.17) is 9.47 Å². The SMILES string of the molecule is COc1cc(OC)c2[nH+]c(N3CCN(c4ccc(F)cc4)CC3)cc(C)c2c1. The third-order valence-electron chi connectivity index (χ3n) is 5.37. The number of piperazine rings is 1. The second-order valence-electron chi connectivity index (χ2n) is 7.04. The van der Waals surface area contributed by atoms with Crippen molar-refractivity contribution < 1.29 is 18.8 Å². The zero-order valence-electron chi connectivity index (χ0n) is 16.5. The van der Waals surface area contributed by atoms with Gasteiger partial charge in [0.2, 0.25) is 0 Å². The van der Waals surface area contributed by atoms with Crippen LogP contribution in [0.1, 0.15) is 5.56 Å². The molecule has 3 aromatic rings. The van der Waals surface area contributed by atoms with E-state index in [2.05, 4.69) is 27.8 Å². The van der Waals surface area contributed by atoms with Crippen molar-refractivity contribution in [2.24, 2.45) is 0 Å². The predicted octanol–water partition coefficient (Wildman–Crippen LogP) is 3.45. The van der Waals surface area contributed by atoms with Gasteiger partial charge in [-0.05, 0) is 42.8 Å². The molecule has 0 unspecified atom stereocenters. The highest BCUT2D eigenvalue weighted by atomic mass is 19.1. The van der Waals surface area contributed by atoms with Gasteiger partial charge in [0.1, 0.15) is 24.7 Å². The Bertz CT molecular complexity index is 983. The number of rotatable bonds is 4. The molecule has 0 amide bonds. The molecule has 1 fully saturated rings. The van der Waals surface area contributed by atoms with Crippen LogP contribution < -0.4 is 24.3 Å². The van der Waals surface area contributed by atoms with Crippen molar-refractivity contribution in [3.63, 3.8) is 0 Å². The van der Waals surface area contributed by atoms with Crippen molar-refractivity contribution in [3.8, 4) is 11.5 Å². The Balaban J connectivity index is 1.59. The van der Waals surface area contributed by atoms with Crippen LogP contribution in [0, 0.1) is 12.7 Å². The maximum atomic E-state index is 13.2. The lowest BCUT2D eigenvalue weighted by Gasteiger charge is -2.32. The predicted molar refractivity (Wildman–Crippen MR) is 109 cm³/mol. The molecule has 1 aliphatic rings. The number of hydrogen-bond acceptors (Lipinski definition) is 4. The lowest BCUT2D eigenvalue weighted by Crippen LogP contribution is -2.48. The molecule has 1 saturated heterocycles. The number of ether oxygens (including phenoxy) is 2. The van der Waals surface area contributed by atoms with Gasteiger partial charge in [-0.2, -0.15) is 0 Å². The molecular formula is C22H25FN3O2+. The number of nitrogens with one attached hydrogen (secondary N) is 1. The van der Waals surface area contributed by atoms with E-state index in [1.165, 1.54) is 17.7 Å². The highest BCUT2D eigenvalue weighted by Crippen LogP contribution is 2.31. The van der Waals surface area contributed by atoms with Gasteiger partial charge in [0, 0.05) is 23.2 Å². The molecule has 146 valence electrons. The van der Waals surface area contributed by atoms with Crippen molar-refractivity contribution in [3.05, 3.63) is 53.8 Å². The van der Waals surface area contributed by atoms with E-state index in [-0.39, 0.29) is 5.82 Å². The molecule has 1 N–H and O–H groups in total. The zero-order valence-corrected chi connectivity index (χ0v) is 16.5. The van der Waals surface area contributed by atoms with E-state index in [0.29, 0.717) is 0 Å². The largest absolute Gasteiger partial charge is 0.497 e. The lowest BCUT2D eigenvalue weighted by molar-refractivity contribution is -0.331. The van der Waals surface area contributed by atoms with Gasteiger partial charge in [-0.15, -0.1) is 0 Å². The van der Waals surface area contributed by atoms with Crippen molar-refractivity contribution in [1.29, 1.82) is 0 Å². The Morgan fingerprint density at radius 2 is 1.57 bits per heavy atom. The molecule has 0 bridgehead atoms. The number of aromatic nitrogens is 1. The van der Waals surface area contributed by atoms with E-state index >= 15 is 0 Å². The second-order valence-corrected chi connectivity index (χ2v) is 7.04. The number of aromatic amines is 1. The van der Waals surface area contributed by atoms with Crippen LogP contribution >= 0.6 is 0 Å². The number of halogens is 1. The Hall–Kier alpha value is -3.02. The van der Waals surface area contributed by atoms with Gasteiger partial charge in [0.15, 0.2) is 11.3 Å². The summed E-state index contributed by atoms with van der Waals surface area (Å²) >= 11 is 0. The minimum Gasteiger partial charge on any atom is -0.497 e. The monoisotopic (exact) mass is 382 g/mol. The van der Waals surface area contributed by atoms with Crippen LogP contribution in [0.2, 0.25) is 0 Å². The van der Waals surface area contributed by atoms with Crippen LogP contribution in [0.3, 0.4) is 0 Å². The van der Waals surface area contributed by atoms with Crippen LogP contribution in [0.5, 0.6) is 11.5 Å². The van der Waals surface area contributed by atoms with E-state index in [1.807, 2.05) is 24.3 Å². The molecule has 2 aromatic carbocycles. The fourth-order valence-electron chi connectivity index (χ4n) is 3.78. The molecule has 6 heteroatoms. The van der Waals surface area contributed by atoms with Gasteiger partial charge in [0.05, 0.1) is 27.3 Å². The third-order valence-corrected chi connectivity index (χ3v) is 5.37. The van der Waals surface area contributed by atoms with E-state index in [9.17, 15) is 4.39 Å². The first-order valence-corrected chi connectivity index (χ1v) is 9.43. The Morgan fingerprint density at radius 3 is 2.21 bits per heavy atom. The summed E-state index contributed by atoms with van der Waals surface area (Å²) in [6.07, 6.45) is 0. The van der Waals surface area contributed by atoms with E-state index < -0.39 is 0 Å².